The number of rotatable bonds is 4. The molecule has 5 rings (SSSR count). The summed E-state index contributed by atoms with van der Waals surface area (Å²) in [6.45, 7) is 3.38. The highest BCUT2D eigenvalue weighted by molar-refractivity contribution is 6.02. The fraction of sp³-hybridized carbons (Fsp3) is 0.346. The van der Waals surface area contributed by atoms with E-state index < -0.39 is 17.5 Å². The van der Waals surface area contributed by atoms with Crippen LogP contribution in [0.4, 0.5) is 0 Å². The van der Waals surface area contributed by atoms with Gasteiger partial charge in [0.1, 0.15) is 0 Å². The predicted molar refractivity (Wildman–Crippen MR) is 127 cm³/mol. The number of hydrogen-bond acceptors (Lipinski definition) is 5. The van der Waals surface area contributed by atoms with Gasteiger partial charge >= 0.3 is 5.97 Å². The molecule has 0 bridgehead atoms. The smallest absolute Gasteiger partial charge is 0.357 e. The van der Waals surface area contributed by atoms with Gasteiger partial charge in [-0.2, -0.15) is 5.10 Å². The Balaban J connectivity index is 1.50. The number of carboxylic acid groups (broad SMARTS) is 1. The number of hydrogen-bond donors (Lipinski definition) is 2. The zero-order chi connectivity index (χ0) is 23.9. The Bertz CT molecular complexity index is 1350. The van der Waals surface area contributed by atoms with Crippen LogP contribution in [0.15, 0.2) is 42.5 Å². The lowest BCUT2D eigenvalue weighted by molar-refractivity contribution is -0.137. The quantitative estimate of drug-likeness (QED) is 0.582. The second-order valence-electron chi connectivity index (χ2n) is 9.04. The lowest BCUT2D eigenvalue weighted by Crippen LogP contribution is -2.37. The monoisotopic (exact) mass is 458 g/mol. The van der Waals surface area contributed by atoms with Gasteiger partial charge in [0.25, 0.3) is 5.91 Å². The number of likely N-dealkylation sites (N-methyl/N-ethyl adjacent to an activating group) is 1. The summed E-state index contributed by atoms with van der Waals surface area (Å²) in [4.78, 5) is 28.0. The number of carbonyl (C=O) groups is 2. The number of aromatic carboxylic acids is 1. The molecule has 8 nitrogen and oxygen atoms in total. The molecule has 0 saturated carbocycles. The molecule has 1 aromatic heterocycles. The highest BCUT2D eigenvalue weighted by atomic mass is 16.4. The minimum atomic E-state index is -1.68. The number of carboxylic acids is 1. The average Bonchev–Trinajstić information content (AvgIpc) is 3.54. The molecule has 174 valence electrons. The molecular formula is C26H26N4O4. The number of aromatic nitrogens is 2. The van der Waals surface area contributed by atoms with Crippen molar-refractivity contribution in [3.8, 4) is 17.5 Å². The number of aliphatic hydroxyl groups is 1. The van der Waals surface area contributed by atoms with E-state index in [1.807, 2.05) is 24.3 Å². The highest BCUT2D eigenvalue weighted by Gasteiger charge is 2.42. The number of carbonyl (C=O) groups excluding carboxylic acids is 1. The number of nitrogens with zero attached hydrogens (tertiary/aromatic N) is 4. The van der Waals surface area contributed by atoms with E-state index in [0.29, 0.717) is 28.7 Å². The number of fused-ring (bicyclic) bond motifs is 1. The maximum Gasteiger partial charge on any atom is 0.357 e. The number of benzene rings is 2. The van der Waals surface area contributed by atoms with Crippen molar-refractivity contribution in [1.82, 2.24) is 19.6 Å². The Kier molecular flexibility index (Phi) is 5.60. The van der Waals surface area contributed by atoms with Crippen LogP contribution in [0.5, 0.6) is 0 Å². The maximum absolute atomic E-state index is 12.2. The maximum atomic E-state index is 12.2. The van der Waals surface area contributed by atoms with Gasteiger partial charge in [-0.3, -0.25) is 9.69 Å². The Labute approximate surface area is 197 Å². The normalized spacial score (nSPS) is 20.6. The second-order valence-corrected chi connectivity index (χ2v) is 9.04. The zero-order valence-electron chi connectivity index (χ0n) is 19.0. The van der Waals surface area contributed by atoms with Gasteiger partial charge in [-0.1, -0.05) is 24.0 Å². The number of amides is 1. The molecule has 2 aromatic carbocycles. The average molecular weight is 459 g/mol. The largest absolute Gasteiger partial charge is 0.476 e. The molecule has 2 aliphatic rings. The molecule has 1 atom stereocenters. The van der Waals surface area contributed by atoms with E-state index in [-0.39, 0.29) is 12.1 Å². The van der Waals surface area contributed by atoms with Crippen molar-refractivity contribution in [3.05, 3.63) is 59.3 Å². The topological polar surface area (TPSA) is 98.9 Å². The zero-order valence-corrected chi connectivity index (χ0v) is 19.0. The van der Waals surface area contributed by atoms with Crippen LogP contribution in [0.3, 0.4) is 0 Å². The second kappa shape index (κ2) is 8.60. The summed E-state index contributed by atoms with van der Waals surface area (Å²) >= 11 is 0. The molecule has 0 aliphatic carbocycles. The molecule has 2 aliphatic heterocycles. The SMILES string of the molecule is CN1CC[C@@](O)(C#Cc2cccc(-n3nc(C(=O)O)c4cc(CN5CCCC5)ccc43)c2)C1=O. The first-order valence-corrected chi connectivity index (χ1v) is 11.4. The van der Waals surface area contributed by atoms with Gasteiger partial charge < -0.3 is 15.1 Å². The summed E-state index contributed by atoms with van der Waals surface area (Å²) in [5, 5.41) is 25.3. The van der Waals surface area contributed by atoms with Crippen LogP contribution in [0, 0.1) is 11.8 Å². The van der Waals surface area contributed by atoms with Crippen molar-refractivity contribution in [2.24, 2.45) is 0 Å². The fourth-order valence-corrected chi connectivity index (χ4v) is 4.68. The van der Waals surface area contributed by atoms with Gasteiger partial charge in [-0.25, -0.2) is 9.48 Å². The lowest BCUT2D eigenvalue weighted by Gasteiger charge is -2.14. The van der Waals surface area contributed by atoms with Crippen LogP contribution in [-0.4, -0.2) is 74.0 Å². The summed E-state index contributed by atoms with van der Waals surface area (Å²) in [5.41, 5.74) is 1.33. The fourth-order valence-electron chi connectivity index (χ4n) is 4.68. The van der Waals surface area contributed by atoms with Crippen molar-refractivity contribution in [1.29, 1.82) is 0 Å². The molecule has 0 unspecified atom stereocenters. The van der Waals surface area contributed by atoms with Crippen LogP contribution >= 0.6 is 0 Å². The van der Waals surface area contributed by atoms with Crippen molar-refractivity contribution >= 4 is 22.8 Å². The van der Waals surface area contributed by atoms with E-state index in [4.69, 9.17) is 0 Å². The molecule has 34 heavy (non-hydrogen) atoms. The van der Waals surface area contributed by atoms with Gasteiger partial charge in [0.05, 0.1) is 11.2 Å². The van der Waals surface area contributed by atoms with E-state index in [0.717, 1.165) is 25.2 Å². The van der Waals surface area contributed by atoms with Crippen LogP contribution in [0.1, 0.15) is 40.9 Å². The summed E-state index contributed by atoms with van der Waals surface area (Å²) in [5.74, 6) is 4.15. The first kappa shape index (κ1) is 22.1. The Morgan fingerprint density at radius 1 is 1.15 bits per heavy atom. The van der Waals surface area contributed by atoms with Crippen molar-refractivity contribution in [2.75, 3.05) is 26.7 Å². The molecule has 8 heteroatoms. The molecular weight excluding hydrogens is 432 g/mol. The predicted octanol–water partition coefficient (Wildman–Crippen LogP) is 2.26. The summed E-state index contributed by atoms with van der Waals surface area (Å²) in [7, 11) is 1.64. The van der Waals surface area contributed by atoms with E-state index in [1.54, 1.807) is 29.9 Å². The van der Waals surface area contributed by atoms with Gasteiger partial charge in [-0.15, -0.1) is 0 Å². The van der Waals surface area contributed by atoms with Gasteiger partial charge in [0.15, 0.2) is 5.69 Å². The van der Waals surface area contributed by atoms with Gasteiger partial charge in [-0.05, 0) is 61.8 Å². The van der Waals surface area contributed by atoms with Crippen LogP contribution in [0.25, 0.3) is 16.6 Å². The van der Waals surface area contributed by atoms with Crippen molar-refractivity contribution in [3.63, 3.8) is 0 Å². The summed E-state index contributed by atoms with van der Waals surface area (Å²) in [6, 6.07) is 13.0. The third-order valence-electron chi connectivity index (χ3n) is 6.57. The molecule has 2 saturated heterocycles. The van der Waals surface area contributed by atoms with E-state index in [1.165, 1.54) is 17.7 Å². The van der Waals surface area contributed by atoms with Crippen molar-refractivity contribution in [2.45, 2.75) is 31.4 Å². The number of likely N-dealkylation sites (tertiary alicyclic amines) is 2. The molecule has 2 fully saturated rings. The first-order chi connectivity index (χ1) is 16.3. The van der Waals surface area contributed by atoms with Crippen LogP contribution < -0.4 is 0 Å². The van der Waals surface area contributed by atoms with E-state index in [9.17, 15) is 19.8 Å². The standard InChI is InChI=1S/C26H26N4O4/c1-28-14-11-26(34,25(28)33)10-9-18-5-4-6-20(15-18)30-22-8-7-19(17-29-12-2-3-13-29)16-21(22)23(27-30)24(31)32/h4-8,15-16,34H,2-3,11-14,17H2,1H3,(H,31,32)/t26-/m0/s1. The van der Waals surface area contributed by atoms with Crippen LogP contribution in [-0.2, 0) is 11.3 Å². The Morgan fingerprint density at radius 2 is 1.94 bits per heavy atom. The Morgan fingerprint density at radius 3 is 2.65 bits per heavy atom. The summed E-state index contributed by atoms with van der Waals surface area (Å²) in [6.07, 6.45) is 2.66. The molecule has 2 N–H and O–H groups in total. The molecule has 1 amide bonds. The molecule has 3 heterocycles. The van der Waals surface area contributed by atoms with Crippen molar-refractivity contribution < 1.29 is 19.8 Å². The van der Waals surface area contributed by atoms with Crippen LogP contribution in [0.2, 0.25) is 0 Å². The summed E-state index contributed by atoms with van der Waals surface area (Å²) < 4.78 is 1.60. The Hall–Kier alpha value is -3.67. The minimum Gasteiger partial charge on any atom is -0.476 e. The van der Waals surface area contributed by atoms with E-state index >= 15 is 0 Å². The molecule has 0 spiro atoms. The lowest BCUT2D eigenvalue weighted by atomic mass is 10.0. The van der Waals surface area contributed by atoms with Gasteiger partial charge in [0.2, 0.25) is 5.60 Å². The van der Waals surface area contributed by atoms with Gasteiger partial charge in [0, 0.05) is 37.5 Å². The molecule has 0 radical (unpaired) electrons. The molecule has 3 aromatic rings. The first-order valence-electron chi connectivity index (χ1n) is 11.4. The van der Waals surface area contributed by atoms with E-state index in [2.05, 4.69) is 21.8 Å². The highest BCUT2D eigenvalue weighted by Crippen LogP contribution is 2.26. The minimum absolute atomic E-state index is 0.00339. The third kappa shape index (κ3) is 4.04. The third-order valence-corrected chi connectivity index (χ3v) is 6.57.